The second-order valence-corrected chi connectivity index (χ2v) is 7.39. The van der Waals surface area contributed by atoms with Crippen molar-refractivity contribution in [1.82, 2.24) is 0 Å². The molecule has 1 aromatic rings. The SMILES string of the molecule is CCCCCCCCCCCCOS(=O)(=O)c1ccccc1.O.[H-].[H-].[Na+].[Na+]. The van der Waals surface area contributed by atoms with E-state index in [-0.39, 0.29) is 78.9 Å². The minimum absolute atomic E-state index is 0. The molecule has 0 saturated heterocycles. The second kappa shape index (κ2) is 19.8. The van der Waals surface area contributed by atoms with Crippen molar-refractivity contribution in [3.63, 3.8) is 0 Å². The second-order valence-electron chi connectivity index (χ2n) is 5.77. The van der Waals surface area contributed by atoms with Crippen LogP contribution < -0.4 is 59.1 Å². The van der Waals surface area contributed by atoms with E-state index in [9.17, 15) is 8.42 Å². The van der Waals surface area contributed by atoms with E-state index in [0.29, 0.717) is 0 Å². The van der Waals surface area contributed by atoms with Crippen molar-refractivity contribution in [2.24, 2.45) is 0 Å². The summed E-state index contributed by atoms with van der Waals surface area (Å²) < 4.78 is 28.8. The molecule has 0 aliphatic rings. The number of unbranched alkanes of at least 4 members (excludes halogenated alkanes) is 9. The van der Waals surface area contributed by atoms with Gasteiger partial charge in [-0.2, -0.15) is 8.42 Å². The monoisotopic (exact) mass is 392 g/mol. The Balaban J connectivity index is -0.000000323. The predicted molar refractivity (Wildman–Crippen MR) is 97.3 cm³/mol. The molecule has 0 amide bonds. The Hall–Kier alpha value is 1.09. The minimum Gasteiger partial charge on any atom is -1.00 e. The average Bonchev–Trinajstić information content (AvgIpc) is 2.53. The first-order chi connectivity index (χ1) is 10.7. The molecule has 0 heterocycles. The molecule has 138 valence electrons. The topological polar surface area (TPSA) is 74.9 Å². The van der Waals surface area contributed by atoms with Crippen molar-refractivity contribution in [3.05, 3.63) is 30.3 Å². The van der Waals surface area contributed by atoms with E-state index in [2.05, 4.69) is 6.92 Å². The van der Waals surface area contributed by atoms with E-state index in [1.807, 2.05) is 0 Å². The molecular weight excluding hydrogens is 358 g/mol. The Morgan fingerprint density at radius 3 is 1.72 bits per heavy atom. The molecule has 0 fully saturated rings. The number of rotatable bonds is 13. The first-order valence-corrected chi connectivity index (χ1v) is 10.0. The van der Waals surface area contributed by atoms with Gasteiger partial charge in [-0.05, 0) is 18.6 Å². The maximum atomic E-state index is 11.9. The van der Waals surface area contributed by atoms with Gasteiger partial charge in [0.05, 0.1) is 11.5 Å². The van der Waals surface area contributed by atoms with Crippen LogP contribution in [0.2, 0.25) is 0 Å². The zero-order chi connectivity index (χ0) is 16.1. The standard InChI is InChI=1S/C18H30O3S.2Na.H2O.2H/c1-2-3-4-5-6-7-8-9-10-14-17-21-22(19,20)18-15-12-11-13-16-18;;;;;/h11-13,15-16H,2-10,14,17H2,1H3;;;1H2;;/q;2*+1;;2*-1. The quantitative estimate of drug-likeness (QED) is 0.238. The molecule has 0 aliphatic heterocycles. The average molecular weight is 393 g/mol. The van der Waals surface area contributed by atoms with Crippen LogP contribution in [0.3, 0.4) is 0 Å². The Labute approximate surface area is 201 Å². The van der Waals surface area contributed by atoms with Crippen LogP contribution >= 0.6 is 0 Å². The van der Waals surface area contributed by atoms with Crippen molar-refractivity contribution >= 4 is 10.1 Å². The fraction of sp³-hybridized carbons (Fsp3) is 0.667. The zero-order valence-electron chi connectivity index (χ0n) is 18.3. The summed E-state index contributed by atoms with van der Waals surface area (Å²) in [5.74, 6) is 0. The molecule has 25 heavy (non-hydrogen) atoms. The molecule has 1 aromatic carbocycles. The third-order valence-corrected chi connectivity index (χ3v) is 5.09. The first-order valence-electron chi connectivity index (χ1n) is 8.61. The Kier molecular flexibility index (Phi) is 24.4. The van der Waals surface area contributed by atoms with E-state index in [1.165, 1.54) is 51.4 Å². The van der Waals surface area contributed by atoms with E-state index in [0.717, 1.165) is 12.8 Å². The van der Waals surface area contributed by atoms with Gasteiger partial charge in [-0.3, -0.25) is 4.18 Å². The van der Waals surface area contributed by atoms with Crippen molar-refractivity contribution < 1.29 is 80.0 Å². The molecule has 4 nitrogen and oxygen atoms in total. The van der Waals surface area contributed by atoms with Crippen molar-refractivity contribution in [1.29, 1.82) is 0 Å². The Bertz CT molecular complexity index is 491. The summed E-state index contributed by atoms with van der Waals surface area (Å²) in [6.45, 7) is 2.52. The Morgan fingerprint density at radius 2 is 1.24 bits per heavy atom. The van der Waals surface area contributed by atoms with E-state index in [4.69, 9.17) is 4.18 Å². The summed E-state index contributed by atoms with van der Waals surface area (Å²) in [6, 6.07) is 8.33. The smallest absolute Gasteiger partial charge is 1.00 e. The summed E-state index contributed by atoms with van der Waals surface area (Å²) in [4.78, 5) is 0.238. The van der Waals surface area contributed by atoms with Gasteiger partial charge in [0.2, 0.25) is 0 Å². The van der Waals surface area contributed by atoms with Crippen molar-refractivity contribution in [3.8, 4) is 0 Å². The third-order valence-electron chi connectivity index (χ3n) is 3.77. The summed E-state index contributed by atoms with van der Waals surface area (Å²) >= 11 is 0. The van der Waals surface area contributed by atoms with Crippen LogP contribution in [0.25, 0.3) is 0 Å². The van der Waals surface area contributed by atoms with E-state index in [1.54, 1.807) is 30.3 Å². The minimum atomic E-state index is -3.57. The molecule has 0 radical (unpaired) electrons. The van der Waals surface area contributed by atoms with Crippen LogP contribution in [-0.2, 0) is 14.3 Å². The van der Waals surface area contributed by atoms with Gasteiger partial charge < -0.3 is 8.33 Å². The van der Waals surface area contributed by atoms with Gasteiger partial charge >= 0.3 is 59.1 Å². The van der Waals surface area contributed by atoms with Crippen LogP contribution in [0.15, 0.2) is 35.2 Å². The number of hydrogen-bond donors (Lipinski definition) is 0. The molecular formula is C18H34Na2O4S. The predicted octanol–water partition coefficient (Wildman–Crippen LogP) is -1.28. The molecule has 7 heteroatoms. The van der Waals surface area contributed by atoms with E-state index < -0.39 is 10.1 Å². The van der Waals surface area contributed by atoms with Gasteiger partial charge in [-0.1, -0.05) is 82.9 Å². The molecule has 0 aliphatic carbocycles. The van der Waals surface area contributed by atoms with Crippen molar-refractivity contribution in [2.45, 2.75) is 76.0 Å². The van der Waals surface area contributed by atoms with Gasteiger partial charge in [0.1, 0.15) is 0 Å². The molecule has 0 bridgehead atoms. The first kappa shape index (κ1) is 30.8. The maximum absolute atomic E-state index is 11.9. The fourth-order valence-corrected chi connectivity index (χ4v) is 3.38. The molecule has 0 atom stereocenters. The molecule has 0 unspecified atom stereocenters. The molecule has 1 rings (SSSR count). The van der Waals surface area contributed by atoms with Crippen LogP contribution in [0, 0.1) is 0 Å². The summed E-state index contributed by atoms with van der Waals surface area (Å²) in [5, 5.41) is 0. The third kappa shape index (κ3) is 15.8. The maximum Gasteiger partial charge on any atom is 1.00 e. The van der Waals surface area contributed by atoms with Gasteiger partial charge in [-0.25, -0.2) is 0 Å². The van der Waals surface area contributed by atoms with Crippen LogP contribution in [-0.4, -0.2) is 20.5 Å². The van der Waals surface area contributed by atoms with Gasteiger partial charge in [0.25, 0.3) is 10.1 Å². The fourth-order valence-electron chi connectivity index (χ4n) is 2.41. The largest absolute Gasteiger partial charge is 1.00 e. The zero-order valence-corrected chi connectivity index (χ0v) is 21.1. The van der Waals surface area contributed by atoms with Crippen LogP contribution in [0.5, 0.6) is 0 Å². The summed E-state index contributed by atoms with van der Waals surface area (Å²) in [6.07, 6.45) is 12.3. The molecule has 0 saturated carbocycles. The number of benzene rings is 1. The summed E-state index contributed by atoms with van der Waals surface area (Å²) in [5.41, 5.74) is 0. The summed E-state index contributed by atoms with van der Waals surface area (Å²) in [7, 11) is -3.57. The molecule has 2 N–H and O–H groups in total. The molecule has 0 spiro atoms. The van der Waals surface area contributed by atoms with Crippen LogP contribution in [0.4, 0.5) is 0 Å². The van der Waals surface area contributed by atoms with E-state index >= 15 is 0 Å². The van der Waals surface area contributed by atoms with Crippen molar-refractivity contribution in [2.75, 3.05) is 6.61 Å². The normalized spacial score (nSPS) is 10.3. The van der Waals surface area contributed by atoms with Gasteiger partial charge in [-0.15, -0.1) is 0 Å². The van der Waals surface area contributed by atoms with Crippen LogP contribution in [0.1, 0.15) is 74.0 Å². The number of hydrogen-bond acceptors (Lipinski definition) is 3. The van der Waals surface area contributed by atoms with Gasteiger partial charge in [0, 0.05) is 0 Å². The molecule has 0 aromatic heterocycles. The van der Waals surface area contributed by atoms with Gasteiger partial charge in [0.15, 0.2) is 0 Å². The Morgan fingerprint density at radius 1 is 0.800 bits per heavy atom.